The quantitative estimate of drug-likeness (QED) is 0.522. The van der Waals surface area contributed by atoms with Crippen LogP contribution in [0.5, 0.6) is 0 Å². The molecule has 10 heavy (non-hydrogen) atoms. The fourth-order valence-corrected chi connectivity index (χ4v) is 0.847. The van der Waals surface area contributed by atoms with Gasteiger partial charge in [0.05, 0.1) is 0 Å². The van der Waals surface area contributed by atoms with Gasteiger partial charge in [0.25, 0.3) is 0 Å². The predicted molar refractivity (Wildman–Crippen MR) is 45.3 cm³/mol. The monoisotopic (exact) mass is 131 g/mol. The Hall–Kier alpha value is -0.915. The van der Waals surface area contributed by atoms with E-state index >= 15 is 0 Å². The second kappa shape index (κ2) is 2.78. The number of rotatable bonds is 1. The molecule has 1 aromatic rings. The van der Waals surface area contributed by atoms with Crippen molar-refractivity contribution in [1.82, 2.24) is 0 Å². The van der Waals surface area contributed by atoms with E-state index in [1.54, 1.807) is 4.81 Å². The van der Waals surface area contributed by atoms with Crippen molar-refractivity contribution in [2.45, 2.75) is 6.92 Å². The van der Waals surface area contributed by atoms with Gasteiger partial charge >= 0.3 is 0 Å². The van der Waals surface area contributed by atoms with E-state index in [-0.39, 0.29) is 0 Å². The average molecular weight is 131 g/mol. The van der Waals surface area contributed by atoms with Crippen molar-refractivity contribution in [3.63, 3.8) is 0 Å². The molecule has 0 heterocycles. The van der Waals surface area contributed by atoms with Crippen LogP contribution < -0.4 is 4.81 Å². The van der Waals surface area contributed by atoms with Gasteiger partial charge in [-0.3, -0.25) is 0 Å². The van der Waals surface area contributed by atoms with Crippen molar-refractivity contribution in [3.05, 3.63) is 29.8 Å². The first kappa shape index (κ1) is 7.20. The van der Waals surface area contributed by atoms with Gasteiger partial charge in [-0.1, -0.05) is 12.1 Å². The maximum atomic E-state index is 5.52. The predicted octanol–water partition coefficient (Wildman–Crippen LogP) is 1.51. The maximum absolute atomic E-state index is 5.52. The molecule has 0 saturated heterocycles. The molecule has 0 bridgehead atoms. The van der Waals surface area contributed by atoms with Crippen LogP contribution in [0.1, 0.15) is 5.56 Å². The van der Waals surface area contributed by atoms with Gasteiger partial charge in [0.2, 0.25) is 7.98 Å². The van der Waals surface area contributed by atoms with Crippen LogP contribution in [0.4, 0.5) is 5.69 Å². The second-order valence-electron chi connectivity index (χ2n) is 2.45. The summed E-state index contributed by atoms with van der Waals surface area (Å²) in [5, 5.41) is 0. The van der Waals surface area contributed by atoms with Gasteiger partial charge in [-0.05, 0) is 31.7 Å². The normalized spacial score (nSPS) is 9.40. The topological polar surface area (TPSA) is 3.24 Å². The highest BCUT2D eigenvalue weighted by Crippen LogP contribution is 2.11. The standard InChI is InChI=1S/C8H10BN/c1-7-4-3-5-8(6-7)10(2)9/h3-6H,1-2H3. The van der Waals surface area contributed by atoms with Crippen LogP contribution in [-0.2, 0) is 0 Å². The van der Waals surface area contributed by atoms with Crippen LogP contribution in [0.3, 0.4) is 0 Å². The molecular weight excluding hydrogens is 121 g/mol. The van der Waals surface area contributed by atoms with Gasteiger partial charge in [-0.15, -0.1) is 0 Å². The molecule has 2 heteroatoms. The fraction of sp³-hybridized carbons (Fsp3) is 0.250. The molecule has 0 unspecified atom stereocenters. The molecule has 0 amide bonds. The number of hydrogen-bond donors (Lipinski definition) is 0. The maximum Gasteiger partial charge on any atom is 0.226 e. The lowest BCUT2D eigenvalue weighted by Crippen LogP contribution is -2.10. The van der Waals surface area contributed by atoms with E-state index < -0.39 is 0 Å². The van der Waals surface area contributed by atoms with Crippen molar-refractivity contribution in [2.75, 3.05) is 11.9 Å². The molecule has 0 aliphatic carbocycles. The summed E-state index contributed by atoms with van der Waals surface area (Å²) in [7, 11) is 7.34. The zero-order chi connectivity index (χ0) is 7.56. The van der Waals surface area contributed by atoms with Crippen molar-refractivity contribution < 1.29 is 0 Å². The van der Waals surface area contributed by atoms with Crippen LogP contribution in [-0.4, -0.2) is 15.0 Å². The van der Waals surface area contributed by atoms with E-state index in [1.165, 1.54) is 5.56 Å². The Bertz CT molecular complexity index is 220. The highest BCUT2D eigenvalue weighted by molar-refractivity contribution is 6.17. The van der Waals surface area contributed by atoms with Crippen LogP contribution in [0.15, 0.2) is 24.3 Å². The average Bonchev–Trinajstić information content (AvgIpc) is 1.88. The van der Waals surface area contributed by atoms with Gasteiger partial charge in [-0.2, -0.15) is 0 Å². The Labute approximate surface area is 63.1 Å². The van der Waals surface area contributed by atoms with Crippen LogP contribution >= 0.6 is 0 Å². The minimum atomic E-state index is 1.04. The number of anilines is 1. The molecule has 1 nitrogen and oxygen atoms in total. The summed E-state index contributed by atoms with van der Waals surface area (Å²) in [4.78, 5) is 1.60. The molecule has 2 radical (unpaired) electrons. The third-order valence-electron chi connectivity index (χ3n) is 1.41. The van der Waals surface area contributed by atoms with E-state index in [4.69, 9.17) is 7.98 Å². The molecule has 1 aromatic carbocycles. The van der Waals surface area contributed by atoms with Gasteiger partial charge < -0.3 is 4.81 Å². The molecule has 50 valence electrons. The van der Waals surface area contributed by atoms with Gasteiger partial charge in [0.1, 0.15) is 0 Å². The van der Waals surface area contributed by atoms with Crippen molar-refractivity contribution in [3.8, 4) is 0 Å². The molecule has 0 N–H and O–H groups in total. The third kappa shape index (κ3) is 1.53. The fourth-order valence-electron chi connectivity index (χ4n) is 0.847. The zero-order valence-corrected chi connectivity index (χ0v) is 6.33. The summed E-state index contributed by atoms with van der Waals surface area (Å²) in [6, 6.07) is 8.06. The van der Waals surface area contributed by atoms with Crippen LogP contribution in [0.25, 0.3) is 0 Å². The first-order valence-electron chi connectivity index (χ1n) is 3.25. The summed E-state index contributed by atoms with van der Waals surface area (Å²) in [5.74, 6) is 0. The molecule has 0 fully saturated rings. The smallest absolute Gasteiger partial charge is 0.226 e. The number of nitrogens with zero attached hydrogens (tertiary/aromatic N) is 1. The first-order valence-corrected chi connectivity index (χ1v) is 3.25. The van der Waals surface area contributed by atoms with Crippen molar-refractivity contribution in [1.29, 1.82) is 0 Å². The van der Waals surface area contributed by atoms with E-state index in [0.717, 1.165) is 5.69 Å². The SMILES string of the molecule is [B]N(C)c1cccc(C)c1. The molecular formula is C8H10BN. The summed E-state index contributed by atoms with van der Waals surface area (Å²) < 4.78 is 0. The highest BCUT2D eigenvalue weighted by Gasteiger charge is 1.91. The van der Waals surface area contributed by atoms with E-state index in [9.17, 15) is 0 Å². The van der Waals surface area contributed by atoms with Crippen molar-refractivity contribution >= 4 is 13.7 Å². The molecule has 0 aliphatic rings. The minimum absolute atomic E-state index is 1.04. The summed E-state index contributed by atoms with van der Waals surface area (Å²) in [6.45, 7) is 2.05. The molecule has 0 aliphatic heterocycles. The Kier molecular flexibility index (Phi) is 2.00. The molecule has 0 atom stereocenters. The lowest BCUT2D eigenvalue weighted by molar-refractivity contribution is 1.32. The van der Waals surface area contributed by atoms with Crippen LogP contribution in [0.2, 0.25) is 0 Å². The minimum Gasteiger partial charge on any atom is -0.427 e. The molecule has 1 rings (SSSR count). The van der Waals surface area contributed by atoms with Crippen molar-refractivity contribution in [2.24, 2.45) is 0 Å². The lowest BCUT2D eigenvalue weighted by Gasteiger charge is -2.12. The van der Waals surface area contributed by atoms with E-state index in [1.807, 2.05) is 38.2 Å². The summed E-state index contributed by atoms with van der Waals surface area (Å²) in [6.07, 6.45) is 0. The van der Waals surface area contributed by atoms with Crippen LogP contribution in [0, 0.1) is 6.92 Å². The summed E-state index contributed by atoms with van der Waals surface area (Å²) in [5.41, 5.74) is 2.27. The Morgan fingerprint density at radius 3 is 2.50 bits per heavy atom. The molecule has 0 spiro atoms. The molecule has 0 aromatic heterocycles. The number of benzene rings is 1. The van der Waals surface area contributed by atoms with E-state index in [0.29, 0.717) is 0 Å². The van der Waals surface area contributed by atoms with Gasteiger partial charge in [0.15, 0.2) is 0 Å². The first-order chi connectivity index (χ1) is 4.70. The Morgan fingerprint density at radius 2 is 2.10 bits per heavy atom. The van der Waals surface area contributed by atoms with Gasteiger partial charge in [-0.25, -0.2) is 0 Å². The largest absolute Gasteiger partial charge is 0.427 e. The zero-order valence-electron chi connectivity index (χ0n) is 6.33. The lowest BCUT2D eigenvalue weighted by atomic mass is 10.2. The molecule has 0 saturated carbocycles. The van der Waals surface area contributed by atoms with Gasteiger partial charge in [0, 0.05) is 5.69 Å². The second-order valence-corrected chi connectivity index (χ2v) is 2.45. The number of aryl methyl sites for hydroxylation is 1. The highest BCUT2D eigenvalue weighted by atomic mass is 15.0. The summed E-state index contributed by atoms with van der Waals surface area (Å²) >= 11 is 0. The number of hydrogen-bond acceptors (Lipinski definition) is 1. The third-order valence-corrected chi connectivity index (χ3v) is 1.41. The Balaban J connectivity index is 2.96. The Morgan fingerprint density at radius 1 is 1.40 bits per heavy atom. The van der Waals surface area contributed by atoms with E-state index in [2.05, 4.69) is 0 Å².